The Morgan fingerprint density at radius 1 is 1.20 bits per heavy atom. The molecule has 0 N–H and O–H groups in total. The number of hydrogen-bond acceptors (Lipinski definition) is 9. The van der Waals surface area contributed by atoms with Gasteiger partial charge in [0.2, 0.25) is 0 Å². The maximum atomic E-state index is 11.2. The molecule has 0 saturated carbocycles. The van der Waals surface area contributed by atoms with Crippen LogP contribution in [-0.4, -0.2) is 79.2 Å². The summed E-state index contributed by atoms with van der Waals surface area (Å²) in [4.78, 5) is 29.2. The molecule has 1 aromatic carbocycles. The van der Waals surface area contributed by atoms with Crippen LogP contribution >= 0.6 is 12.9 Å². The van der Waals surface area contributed by atoms with Crippen LogP contribution in [0.5, 0.6) is 5.75 Å². The third-order valence-corrected chi connectivity index (χ3v) is 6.13. The first-order chi connectivity index (χ1) is 14.5. The Balaban J connectivity index is 1.49. The molecule has 2 fully saturated rings. The number of anilines is 1. The van der Waals surface area contributed by atoms with Crippen molar-refractivity contribution in [3.05, 3.63) is 28.3 Å². The number of benzene rings is 1. The van der Waals surface area contributed by atoms with E-state index in [1.165, 1.54) is 6.07 Å². The first kappa shape index (κ1) is 22.6. The van der Waals surface area contributed by atoms with Gasteiger partial charge in [-0.2, -0.15) is 0 Å². The summed E-state index contributed by atoms with van der Waals surface area (Å²) in [5.74, 6) is 0.0481. The lowest BCUT2D eigenvalue weighted by atomic mass is 10.0. The number of thiol groups is 1. The van der Waals surface area contributed by atoms with Crippen molar-refractivity contribution < 1.29 is 18.6 Å². The highest BCUT2D eigenvalue weighted by atomic mass is 32.1. The minimum atomic E-state index is -0.402. The number of piperidine rings is 1. The Kier molecular flexibility index (Phi) is 8.17. The molecule has 10 heteroatoms. The number of carbonyl (C=O) groups is 1. The normalized spacial score (nSPS) is 18.9. The number of rotatable bonds is 8. The number of ether oxygens (including phenoxy) is 1. The van der Waals surface area contributed by atoms with Crippen LogP contribution in [0, 0.1) is 10.1 Å². The van der Waals surface area contributed by atoms with Crippen molar-refractivity contribution in [3.8, 4) is 5.75 Å². The zero-order valence-electron chi connectivity index (χ0n) is 17.4. The predicted octanol–water partition coefficient (Wildman–Crippen LogP) is 2.36. The first-order valence-corrected chi connectivity index (χ1v) is 10.8. The van der Waals surface area contributed by atoms with E-state index >= 15 is 0 Å². The van der Waals surface area contributed by atoms with Crippen molar-refractivity contribution in [2.24, 2.45) is 0 Å². The van der Waals surface area contributed by atoms with Crippen LogP contribution in [-0.2, 0) is 8.98 Å². The third-order valence-electron chi connectivity index (χ3n) is 5.93. The van der Waals surface area contributed by atoms with Crippen molar-refractivity contribution in [1.82, 2.24) is 9.80 Å². The number of carbonyl (C=O) groups excluding carboxylic acids is 1. The molecule has 0 atom stereocenters. The van der Waals surface area contributed by atoms with Gasteiger partial charge in [-0.15, -0.1) is 0 Å². The highest BCUT2D eigenvalue weighted by Crippen LogP contribution is 2.32. The molecule has 2 aliphatic heterocycles. The third kappa shape index (κ3) is 5.77. The van der Waals surface area contributed by atoms with Crippen molar-refractivity contribution in [2.75, 3.05) is 57.3 Å². The van der Waals surface area contributed by atoms with E-state index in [-0.39, 0.29) is 11.7 Å². The molecule has 0 unspecified atom stereocenters. The van der Waals surface area contributed by atoms with Crippen LogP contribution in [0.4, 0.5) is 11.4 Å². The molecule has 0 amide bonds. The van der Waals surface area contributed by atoms with E-state index < -0.39 is 4.92 Å². The molecule has 3 rings (SSSR count). The Morgan fingerprint density at radius 2 is 1.90 bits per heavy atom. The molecule has 0 aromatic heterocycles. The summed E-state index contributed by atoms with van der Waals surface area (Å²) in [7, 11) is 0. The topological polar surface area (TPSA) is 88.4 Å². The second-order valence-electron chi connectivity index (χ2n) is 7.65. The molecular weight excluding hydrogens is 408 g/mol. The molecular formula is C20H30N4O5S. The summed E-state index contributed by atoms with van der Waals surface area (Å²) in [6.07, 6.45) is 2.58. The summed E-state index contributed by atoms with van der Waals surface area (Å²) < 4.78 is 9.90. The number of nitro benzene ring substituents is 1. The van der Waals surface area contributed by atoms with Gasteiger partial charge in [-0.1, -0.05) is 0 Å². The second-order valence-corrected chi connectivity index (χ2v) is 7.83. The lowest BCUT2D eigenvalue weighted by molar-refractivity contribution is -0.385. The predicted molar refractivity (Wildman–Crippen MR) is 117 cm³/mol. The molecule has 0 aliphatic carbocycles. The summed E-state index contributed by atoms with van der Waals surface area (Å²) in [6.45, 7) is 8.64. The maximum absolute atomic E-state index is 11.2. The zero-order chi connectivity index (χ0) is 21.5. The van der Waals surface area contributed by atoms with Gasteiger partial charge in [0.1, 0.15) is 0 Å². The highest BCUT2D eigenvalue weighted by Gasteiger charge is 2.28. The van der Waals surface area contributed by atoms with Gasteiger partial charge < -0.3 is 18.7 Å². The van der Waals surface area contributed by atoms with Gasteiger partial charge in [-0.25, -0.2) is 0 Å². The van der Waals surface area contributed by atoms with Gasteiger partial charge in [0, 0.05) is 69.5 Å². The second kappa shape index (κ2) is 10.8. The van der Waals surface area contributed by atoms with Gasteiger partial charge in [0.05, 0.1) is 18.0 Å². The summed E-state index contributed by atoms with van der Waals surface area (Å²) in [6, 6.07) is 5.69. The van der Waals surface area contributed by atoms with E-state index in [2.05, 4.69) is 31.8 Å². The van der Waals surface area contributed by atoms with Crippen LogP contribution in [0.15, 0.2) is 18.2 Å². The Morgan fingerprint density at radius 3 is 2.50 bits per heavy atom. The number of nitrogens with zero attached hydrogens (tertiary/aromatic N) is 4. The first-order valence-electron chi connectivity index (χ1n) is 10.5. The number of hydrogen-bond donors (Lipinski definition) is 1. The van der Waals surface area contributed by atoms with Crippen molar-refractivity contribution in [3.63, 3.8) is 0 Å². The minimum absolute atomic E-state index is 0.00799. The lowest BCUT2D eigenvalue weighted by Gasteiger charge is -2.43. The maximum Gasteiger partial charge on any atom is 0.318 e. The van der Waals surface area contributed by atoms with Crippen LogP contribution in [0.2, 0.25) is 0 Å². The Bertz CT molecular complexity index is 734. The standard InChI is InChI=1S/C20H30N4O5S/c1-2-28-19-15-17(3-4-18(19)24(26)27)23-13-11-22(12-14-23)16-5-8-21(9-6-16)10-7-20(25)29-30/h3-4,15-16,30H,2,5-14H2,1H3. The molecule has 0 spiro atoms. The van der Waals surface area contributed by atoms with E-state index in [9.17, 15) is 14.9 Å². The van der Waals surface area contributed by atoms with Gasteiger partial charge in [0.25, 0.3) is 0 Å². The van der Waals surface area contributed by atoms with Crippen molar-refractivity contribution >= 4 is 30.3 Å². The fraction of sp³-hybridized carbons (Fsp3) is 0.650. The number of nitro groups is 1. The zero-order valence-corrected chi connectivity index (χ0v) is 18.3. The van der Waals surface area contributed by atoms with Gasteiger partial charge in [-0.3, -0.25) is 19.8 Å². The van der Waals surface area contributed by atoms with Crippen LogP contribution < -0.4 is 9.64 Å². The fourth-order valence-corrected chi connectivity index (χ4v) is 4.36. The molecule has 0 bridgehead atoms. The molecule has 2 saturated heterocycles. The Hall–Kier alpha value is -2.04. The van der Waals surface area contributed by atoms with Crippen LogP contribution in [0.3, 0.4) is 0 Å². The average Bonchev–Trinajstić information content (AvgIpc) is 2.78. The monoisotopic (exact) mass is 438 g/mol. The van der Waals surface area contributed by atoms with E-state index in [4.69, 9.17) is 4.74 Å². The van der Waals surface area contributed by atoms with E-state index in [0.29, 0.717) is 24.8 Å². The molecule has 0 radical (unpaired) electrons. The summed E-state index contributed by atoms with van der Waals surface area (Å²) >= 11 is 3.54. The van der Waals surface area contributed by atoms with Crippen LogP contribution in [0.1, 0.15) is 26.2 Å². The molecule has 30 heavy (non-hydrogen) atoms. The van der Waals surface area contributed by atoms with Gasteiger partial charge in [0.15, 0.2) is 5.75 Å². The molecule has 1 aromatic rings. The van der Waals surface area contributed by atoms with Crippen LogP contribution in [0.25, 0.3) is 0 Å². The van der Waals surface area contributed by atoms with E-state index in [0.717, 1.165) is 64.3 Å². The van der Waals surface area contributed by atoms with E-state index in [1.54, 1.807) is 6.07 Å². The molecule has 166 valence electrons. The van der Waals surface area contributed by atoms with Crippen molar-refractivity contribution in [1.29, 1.82) is 0 Å². The van der Waals surface area contributed by atoms with Crippen molar-refractivity contribution in [2.45, 2.75) is 32.2 Å². The number of likely N-dealkylation sites (tertiary alicyclic amines) is 1. The average molecular weight is 439 g/mol. The SMILES string of the molecule is CCOc1cc(N2CCN(C3CCN(CCC(=O)OS)CC3)CC2)ccc1[N+](=O)[O-]. The van der Waals surface area contributed by atoms with Gasteiger partial charge in [-0.05, 0) is 38.9 Å². The van der Waals surface area contributed by atoms with E-state index in [1.807, 2.05) is 13.0 Å². The highest BCUT2D eigenvalue weighted by molar-refractivity contribution is 7.75. The summed E-state index contributed by atoms with van der Waals surface area (Å²) in [5.41, 5.74) is 0.975. The summed E-state index contributed by atoms with van der Waals surface area (Å²) in [5, 5.41) is 11.2. The molecule has 2 aliphatic rings. The molecule has 2 heterocycles. The molecule has 9 nitrogen and oxygen atoms in total. The quantitative estimate of drug-likeness (QED) is 0.286. The lowest BCUT2D eigenvalue weighted by Crippen LogP contribution is -2.53. The Labute approximate surface area is 182 Å². The number of piperazine rings is 1. The smallest absolute Gasteiger partial charge is 0.318 e. The minimum Gasteiger partial charge on any atom is -0.487 e. The largest absolute Gasteiger partial charge is 0.487 e. The van der Waals surface area contributed by atoms with Gasteiger partial charge >= 0.3 is 11.7 Å². The fourth-order valence-electron chi connectivity index (χ4n) is 4.27.